The van der Waals surface area contributed by atoms with Gasteiger partial charge in [-0.05, 0) is 80.5 Å². The number of nitrogens with one attached hydrogen (secondary N) is 2. The lowest BCUT2D eigenvalue weighted by atomic mass is 9.95. The van der Waals surface area contributed by atoms with Crippen LogP contribution in [0.4, 0.5) is 18.9 Å². The van der Waals surface area contributed by atoms with Gasteiger partial charge < -0.3 is 24.3 Å². The van der Waals surface area contributed by atoms with Gasteiger partial charge in [-0.25, -0.2) is 4.98 Å². The average Bonchev–Trinajstić information content (AvgIpc) is 3.79. The van der Waals surface area contributed by atoms with Crippen molar-refractivity contribution in [1.82, 2.24) is 29.2 Å². The number of pyridine rings is 1. The SMILES string of the molecule is Cc1cc(-c2ccc3nc(C4CCN(C(=O)CCCCCCCCCCCNc5cccc6c5CN(C5CCC(=O)NC5=O)C6=O)CC4)n(CCOC(F)(F)F)c3c2)cn(C)c1=O. The number of amides is 4. The van der Waals surface area contributed by atoms with Crippen LogP contribution in [0.15, 0.2) is 53.5 Å². The van der Waals surface area contributed by atoms with E-state index in [0.29, 0.717) is 73.3 Å². The number of alkyl halides is 3. The van der Waals surface area contributed by atoms with Crippen LogP contribution in [0, 0.1) is 6.92 Å². The summed E-state index contributed by atoms with van der Waals surface area (Å²) in [7, 11) is 1.69. The Morgan fingerprint density at radius 1 is 0.905 bits per heavy atom. The van der Waals surface area contributed by atoms with E-state index in [2.05, 4.69) is 15.4 Å². The zero-order chi connectivity index (χ0) is 44.7. The molecule has 2 aromatic carbocycles. The number of halogens is 3. The minimum absolute atomic E-state index is 0.0247. The maximum Gasteiger partial charge on any atom is 0.522 e. The van der Waals surface area contributed by atoms with E-state index in [1.165, 1.54) is 4.57 Å². The maximum atomic E-state index is 13.2. The predicted molar refractivity (Wildman–Crippen MR) is 233 cm³/mol. The van der Waals surface area contributed by atoms with Crippen LogP contribution < -0.4 is 16.2 Å². The molecule has 0 bridgehead atoms. The van der Waals surface area contributed by atoms with Crippen molar-refractivity contribution in [2.24, 2.45) is 7.05 Å². The van der Waals surface area contributed by atoms with E-state index in [1.54, 1.807) is 31.1 Å². The lowest BCUT2D eigenvalue weighted by Crippen LogP contribution is -2.52. The van der Waals surface area contributed by atoms with Crippen LogP contribution in [0.1, 0.15) is 123 Å². The fraction of sp³-hybridized carbons (Fsp3) is 0.532. The van der Waals surface area contributed by atoms with E-state index >= 15 is 0 Å². The van der Waals surface area contributed by atoms with Gasteiger partial charge in [0.1, 0.15) is 11.9 Å². The highest BCUT2D eigenvalue weighted by Gasteiger charge is 2.40. The van der Waals surface area contributed by atoms with E-state index in [9.17, 15) is 37.1 Å². The van der Waals surface area contributed by atoms with Gasteiger partial charge in [0.2, 0.25) is 17.7 Å². The van der Waals surface area contributed by atoms with Gasteiger partial charge in [0.25, 0.3) is 11.5 Å². The fourth-order valence-electron chi connectivity index (χ4n) is 9.31. The number of rotatable bonds is 19. The monoisotopic (exact) mass is 873 g/mol. The Balaban J connectivity index is 0.789. The second-order valence-electron chi connectivity index (χ2n) is 17.2. The quantitative estimate of drug-likeness (QED) is 0.0719. The highest BCUT2D eigenvalue weighted by molar-refractivity contribution is 6.06. The minimum Gasteiger partial charge on any atom is -0.385 e. The van der Waals surface area contributed by atoms with E-state index in [1.807, 2.05) is 45.9 Å². The number of benzene rings is 2. The number of hydrogen-bond donors (Lipinski definition) is 2. The number of fused-ring (bicyclic) bond motifs is 2. The number of imide groups is 1. The average molecular weight is 874 g/mol. The molecule has 1 unspecified atom stereocenters. The molecule has 4 amide bonds. The second kappa shape index (κ2) is 20.3. The third kappa shape index (κ3) is 11.2. The summed E-state index contributed by atoms with van der Waals surface area (Å²) in [6.07, 6.45) is 9.02. The van der Waals surface area contributed by atoms with Crippen molar-refractivity contribution in [2.75, 3.05) is 31.6 Å². The Morgan fingerprint density at radius 2 is 1.62 bits per heavy atom. The first-order chi connectivity index (χ1) is 30.3. The molecule has 0 radical (unpaired) electrons. The number of ether oxygens (including phenoxy) is 1. The van der Waals surface area contributed by atoms with Gasteiger partial charge in [-0.2, -0.15) is 0 Å². The summed E-state index contributed by atoms with van der Waals surface area (Å²) >= 11 is 0. The van der Waals surface area contributed by atoms with Gasteiger partial charge in [0.15, 0.2) is 0 Å². The number of aromatic nitrogens is 3. The van der Waals surface area contributed by atoms with E-state index in [4.69, 9.17) is 4.98 Å². The second-order valence-corrected chi connectivity index (χ2v) is 17.2. The van der Waals surface area contributed by atoms with Crippen molar-refractivity contribution in [3.8, 4) is 11.1 Å². The first-order valence-corrected chi connectivity index (χ1v) is 22.4. The first-order valence-electron chi connectivity index (χ1n) is 22.4. The third-order valence-electron chi connectivity index (χ3n) is 12.7. The minimum atomic E-state index is -4.74. The van der Waals surface area contributed by atoms with Crippen molar-refractivity contribution < 1.29 is 37.1 Å². The molecule has 16 heteroatoms. The van der Waals surface area contributed by atoms with Gasteiger partial charge >= 0.3 is 6.36 Å². The van der Waals surface area contributed by atoms with Crippen LogP contribution in [-0.4, -0.2) is 86.2 Å². The van der Waals surface area contributed by atoms with Crippen LogP contribution in [0.25, 0.3) is 22.2 Å². The smallest absolute Gasteiger partial charge is 0.385 e. The molecule has 7 rings (SSSR count). The molecular formula is C47H58F3N7O6. The number of imidazole rings is 1. The lowest BCUT2D eigenvalue weighted by Gasteiger charge is -2.32. The fourth-order valence-corrected chi connectivity index (χ4v) is 9.31. The van der Waals surface area contributed by atoms with Crippen molar-refractivity contribution in [3.63, 3.8) is 0 Å². The molecule has 1 atom stereocenters. The normalized spacial score (nSPS) is 17.2. The molecule has 338 valence electrons. The van der Waals surface area contributed by atoms with Gasteiger partial charge in [0.05, 0.1) is 17.6 Å². The molecule has 0 saturated carbocycles. The molecule has 5 heterocycles. The van der Waals surface area contributed by atoms with E-state index < -0.39 is 24.9 Å². The Kier molecular flexibility index (Phi) is 14.7. The molecule has 2 aromatic heterocycles. The summed E-state index contributed by atoms with van der Waals surface area (Å²) in [5, 5.41) is 5.84. The number of nitrogens with zero attached hydrogens (tertiary/aromatic N) is 5. The number of aryl methyl sites for hydroxylation is 2. The number of unbranched alkanes of at least 4 members (excludes halogenated alkanes) is 8. The van der Waals surface area contributed by atoms with Crippen LogP contribution in [0.3, 0.4) is 0 Å². The summed E-state index contributed by atoms with van der Waals surface area (Å²) in [6, 6.07) is 12.5. The molecular weight excluding hydrogens is 816 g/mol. The van der Waals surface area contributed by atoms with Gasteiger partial charge in [-0.3, -0.25) is 34.0 Å². The molecule has 3 aliphatic rings. The van der Waals surface area contributed by atoms with Crippen LogP contribution in [-0.2, 0) is 39.3 Å². The number of likely N-dealkylation sites (tertiary alicyclic amines) is 1. The van der Waals surface area contributed by atoms with Gasteiger partial charge in [0, 0.05) is 87.1 Å². The van der Waals surface area contributed by atoms with E-state index in [0.717, 1.165) is 86.7 Å². The Hall–Kier alpha value is -5.51. The number of anilines is 1. The lowest BCUT2D eigenvalue weighted by molar-refractivity contribution is -0.325. The molecule has 4 aromatic rings. The summed E-state index contributed by atoms with van der Waals surface area (Å²) < 4.78 is 46.5. The zero-order valence-corrected chi connectivity index (χ0v) is 36.2. The number of carbonyl (C=O) groups is 4. The summed E-state index contributed by atoms with van der Waals surface area (Å²) in [5.74, 6) is -0.0598. The first kappa shape index (κ1) is 45.5. The largest absolute Gasteiger partial charge is 0.522 e. The molecule has 0 spiro atoms. The standard InChI is InChI=1S/C47H58F3N7O6/c1-31-27-34(29-54(2)45(31)61)33-16-17-38-40(28-33)56(25-26-63-47(48,49)50)43(52-38)32-20-23-55(24-21-32)42(59)15-10-8-6-4-3-5-7-9-11-22-51-37-14-12-13-35-36(37)30-57(46(35)62)39-18-19-41(58)53-44(39)60/h12-14,16-17,27-29,32,39,51H,3-11,15,18-26,30H2,1-2H3,(H,53,58,60). The number of hydrogen-bond acceptors (Lipinski definition) is 8. The Bertz CT molecular complexity index is 2340. The third-order valence-corrected chi connectivity index (χ3v) is 12.7. The Labute approximate surface area is 365 Å². The zero-order valence-electron chi connectivity index (χ0n) is 36.2. The number of carbonyl (C=O) groups excluding carboxylic acids is 4. The highest BCUT2D eigenvalue weighted by Crippen LogP contribution is 2.34. The van der Waals surface area contributed by atoms with Crippen LogP contribution in [0.2, 0.25) is 0 Å². The van der Waals surface area contributed by atoms with Crippen molar-refractivity contribution in [3.05, 3.63) is 81.5 Å². The topological polar surface area (TPSA) is 148 Å². The van der Waals surface area contributed by atoms with Crippen LogP contribution >= 0.6 is 0 Å². The molecule has 13 nitrogen and oxygen atoms in total. The molecule has 3 aliphatic heterocycles. The summed E-state index contributed by atoms with van der Waals surface area (Å²) in [4.78, 5) is 70.9. The predicted octanol–water partition coefficient (Wildman–Crippen LogP) is 7.73. The summed E-state index contributed by atoms with van der Waals surface area (Å²) in [5.41, 5.74) is 5.93. The van der Waals surface area contributed by atoms with E-state index in [-0.39, 0.29) is 42.2 Å². The van der Waals surface area contributed by atoms with Crippen molar-refractivity contribution in [1.29, 1.82) is 0 Å². The van der Waals surface area contributed by atoms with Crippen molar-refractivity contribution >= 4 is 40.3 Å². The molecule has 0 aliphatic carbocycles. The highest BCUT2D eigenvalue weighted by atomic mass is 19.4. The molecule has 2 N–H and O–H groups in total. The van der Waals surface area contributed by atoms with Gasteiger partial charge in [-0.1, -0.05) is 57.1 Å². The van der Waals surface area contributed by atoms with Crippen LogP contribution in [0.5, 0.6) is 0 Å². The molecule has 2 fully saturated rings. The number of piperidine rings is 2. The van der Waals surface area contributed by atoms with Gasteiger partial charge in [-0.15, -0.1) is 13.2 Å². The Morgan fingerprint density at radius 3 is 2.32 bits per heavy atom. The van der Waals surface area contributed by atoms with Crippen molar-refractivity contribution in [2.45, 2.75) is 128 Å². The molecule has 63 heavy (non-hydrogen) atoms. The summed E-state index contributed by atoms with van der Waals surface area (Å²) in [6.45, 7) is 3.44. The maximum absolute atomic E-state index is 13.2. The molecule has 2 saturated heterocycles.